The summed E-state index contributed by atoms with van der Waals surface area (Å²) in [5.41, 5.74) is 2.90. The lowest BCUT2D eigenvalue weighted by atomic mass is 10.0. The first-order valence-electron chi connectivity index (χ1n) is 9.25. The maximum atomic E-state index is 4.82. The molecule has 2 aliphatic heterocycles. The van der Waals surface area contributed by atoms with Crippen LogP contribution in [-0.2, 0) is 0 Å². The second kappa shape index (κ2) is 7.45. The molecule has 2 saturated heterocycles. The van der Waals surface area contributed by atoms with E-state index < -0.39 is 0 Å². The fourth-order valence-corrected chi connectivity index (χ4v) is 4.00. The highest BCUT2D eigenvalue weighted by Crippen LogP contribution is 2.34. The van der Waals surface area contributed by atoms with Crippen LogP contribution in [0.5, 0.6) is 0 Å². The first kappa shape index (κ1) is 15.8. The predicted octanol–water partition coefficient (Wildman–Crippen LogP) is 4.32. The fourth-order valence-electron chi connectivity index (χ4n) is 4.00. The molecule has 3 heteroatoms. The molecule has 1 aromatic rings. The molecule has 0 bridgehead atoms. The average molecular weight is 301 g/mol. The van der Waals surface area contributed by atoms with Crippen LogP contribution in [0.15, 0.2) is 12.3 Å². The van der Waals surface area contributed by atoms with E-state index in [1.807, 2.05) is 0 Å². The maximum absolute atomic E-state index is 4.82. The molecule has 0 aromatic carbocycles. The van der Waals surface area contributed by atoms with Crippen molar-refractivity contribution in [3.63, 3.8) is 0 Å². The highest BCUT2D eigenvalue weighted by molar-refractivity contribution is 5.44. The van der Waals surface area contributed by atoms with Gasteiger partial charge in [-0.25, -0.2) is 4.98 Å². The zero-order valence-corrected chi connectivity index (χ0v) is 14.4. The van der Waals surface area contributed by atoms with Gasteiger partial charge in [-0.3, -0.25) is 4.90 Å². The van der Waals surface area contributed by atoms with Crippen molar-refractivity contribution in [1.82, 2.24) is 9.88 Å². The van der Waals surface area contributed by atoms with Crippen molar-refractivity contribution < 1.29 is 0 Å². The van der Waals surface area contributed by atoms with Crippen molar-refractivity contribution >= 4 is 5.82 Å². The first-order chi connectivity index (χ1) is 10.8. The average Bonchev–Trinajstić information content (AvgIpc) is 3.02. The monoisotopic (exact) mass is 301 g/mol. The van der Waals surface area contributed by atoms with Crippen molar-refractivity contribution in [3.8, 4) is 0 Å². The van der Waals surface area contributed by atoms with E-state index >= 15 is 0 Å². The highest BCUT2D eigenvalue weighted by atomic mass is 15.2. The van der Waals surface area contributed by atoms with Crippen molar-refractivity contribution in [2.45, 2.75) is 64.8 Å². The number of aryl methyl sites for hydroxylation is 1. The lowest BCUT2D eigenvalue weighted by molar-refractivity contribution is 0.252. The topological polar surface area (TPSA) is 19.4 Å². The van der Waals surface area contributed by atoms with Crippen LogP contribution in [0, 0.1) is 6.92 Å². The molecule has 0 unspecified atom stereocenters. The van der Waals surface area contributed by atoms with Gasteiger partial charge >= 0.3 is 0 Å². The van der Waals surface area contributed by atoms with Crippen molar-refractivity contribution in [3.05, 3.63) is 23.4 Å². The van der Waals surface area contributed by atoms with E-state index in [0.29, 0.717) is 6.04 Å². The summed E-state index contributed by atoms with van der Waals surface area (Å²) in [4.78, 5) is 9.96. The van der Waals surface area contributed by atoms with Gasteiger partial charge < -0.3 is 4.90 Å². The third-order valence-corrected chi connectivity index (χ3v) is 5.34. The third kappa shape index (κ3) is 3.45. The second-order valence-corrected chi connectivity index (χ2v) is 6.99. The van der Waals surface area contributed by atoms with Crippen LogP contribution < -0.4 is 4.90 Å². The van der Waals surface area contributed by atoms with Crippen molar-refractivity contribution in [2.24, 2.45) is 0 Å². The molecule has 22 heavy (non-hydrogen) atoms. The van der Waals surface area contributed by atoms with Gasteiger partial charge in [-0.1, -0.05) is 13.3 Å². The lowest BCUT2D eigenvalue weighted by Gasteiger charge is -2.30. The van der Waals surface area contributed by atoms with Gasteiger partial charge in [0, 0.05) is 25.3 Å². The van der Waals surface area contributed by atoms with Gasteiger partial charge in [0.15, 0.2) is 0 Å². The number of unbranched alkanes of at least 4 members (excludes halogenated alkanes) is 1. The molecule has 0 saturated carbocycles. The Hall–Kier alpha value is -1.09. The number of anilines is 1. The van der Waals surface area contributed by atoms with E-state index in [4.69, 9.17) is 4.98 Å². The molecule has 0 N–H and O–H groups in total. The third-order valence-electron chi connectivity index (χ3n) is 5.34. The number of aromatic nitrogens is 1. The van der Waals surface area contributed by atoms with Gasteiger partial charge in [-0.05, 0) is 75.7 Å². The van der Waals surface area contributed by atoms with Gasteiger partial charge in [0.05, 0.1) is 0 Å². The summed E-state index contributed by atoms with van der Waals surface area (Å²) in [5, 5.41) is 0. The van der Waals surface area contributed by atoms with Crippen LogP contribution in [0.1, 0.15) is 69.0 Å². The van der Waals surface area contributed by atoms with Crippen LogP contribution in [0.3, 0.4) is 0 Å². The number of likely N-dealkylation sites (tertiary alicyclic amines) is 1. The van der Waals surface area contributed by atoms with Gasteiger partial charge in [0.2, 0.25) is 0 Å². The standard InChI is InChI=1S/C19H31N3/c1-3-4-10-21-13-8-9-18(21)17-15-20-19(14-16(17)2)22-11-6-5-7-12-22/h14-15,18H,3-13H2,1-2H3/t18-/m0/s1. The summed E-state index contributed by atoms with van der Waals surface area (Å²) in [6, 6.07) is 2.94. The predicted molar refractivity (Wildman–Crippen MR) is 93.5 cm³/mol. The number of pyridine rings is 1. The number of hydrogen-bond donors (Lipinski definition) is 0. The maximum Gasteiger partial charge on any atom is 0.128 e. The summed E-state index contributed by atoms with van der Waals surface area (Å²) in [5.74, 6) is 1.19. The summed E-state index contributed by atoms with van der Waals surface area (Å²) in [6.07, 6.45) is 11.4. The number of rotatable bonds is 5. The Balaban J connectivity index is 1.73. The lowest BCUT2D eigenvalue weighted by Crippen LogP contribution is -2.30. The van der Waals surface area contributed by atoms with E-state index in [1.54, 1.807) is 0 Å². The Kier molecular flexibility index (Phi) is 5.35. The fraction of sp³-hybridized carbons (Fsp3) is 0.737. The summed E-state index contributed by atoms with van der Waals surface area (Å²) in [6.45, 7) is 9.42. The summed E-state index contributed by atoms with van der Waals surface area (Å²) < 4.78 is 0. The SMILES string of the molecule is CCCCN1CCC[C@H]1c1cnc(N2CCCCC2)cc1C. The second-order valence-electron chi connectivity index (χ2n) is 6.99. The highest BCUT2D eigenvalue weighted by Gasteiger charge is 2.27. The minimum Gasteiger partial charge on any atom is -0.357 e. The van der Waals surface area contributed by atoms with Crippen molar-refractivity contribution in [2.75, 3.05) is 31.1 Å². The van der Waals surface area contributed by atoms with Crippen LogP contribution in [0.2, 0.25) is 0 Å². The van der Waals surface area contributed by atoms with E-state index in [0.717, 1.165) is 0 Å². The molecule has 0 aliphatic carbocycles. The Morgan fingerprint density at radius 2 is 1.95 bits per heavy atom. The minimum atomic E-state index is 0.606. The molecule has 2 fully saturated rings. The zero-order chi connectivity index (χ0) is 15.4. The molecule has 0 spiro atoms. The first-order valence-corrected chi connectivity index (χ1v) is 9.25. The van der Waals surface area contributed by atoms with Crippen LogP contribution in [0.4, 0.5) is 5.82 Å². The van der Waals surface area contributed by atoms with E-state index in [9.17, 15) is 0 Å². The molecule has 122 valence electrons. The molecule has 1 atom stereocenters. The Bertz CT molecular complexity index is 480. The largest absolute Gasteiger partial charge is 0.357 e. The molecule has 0 amide bonds. The Labute approximate surface area is 135 Å². The zero-order valence-electron chi connectivity index (χ0n) is 14.4. The summed E-state index contributed by atoms with van der Waals surface area (Å²) in [7, 11) is 0. The normalized spacial score (nSPS) is 23.2. The van der Waals surface area contributed by atoms with Gasteiger partial charge in [0.1, 0.15) is 5.82 Å². The van der Waals surface area contributed by atoms with Crippen LogP contribution >= 0.6 is 0 Å². The van der Waals surface area contributed by atoms with Crippen LogP contribution in [0.25, 0.3) is 0 Å². The molecule has 0 radical (unpaired) electrons. The molecular weight excluding hydrogens is 270 g/mol. The van der Waals surface area contributed by atoms with Gasteiger partial charge in [0.25, 0.3) is 0 Å². The number of piperidine rings is 1. The Morgan fingerprint density at radius 3 is 2.68 bits per heavy atom. The summed E-state index contributed by atoms with van der Waals surface area (Å²) >= 11 is 0. The quantitative estimate of drug-likeness (QED) is 0.807. The minimum absolute atomic E-state index is 0.606. The Morgan fingerprint density at radius 1 is 1.14 bits per heavy atom. The number of hydrogen-bond acceptors (Lipinski definition) is 3. The smallest absolute Gasteiger partial charge is 0.128 e. The molecule has 1 aromatic heterocycles. The van der Waals surface area contributed by atoms with Gasteiger partial charge in [-0.2, -0.15) is 0 Å². The van der Waals surface area contributed by atoms with E-state index in [2.05, 4.69) is 35.9 Å². The molecule has 2 aliphatic rings. The molecule has 3 heterocycles. The van der Waals surface area contributed by atoms with Gasteiger partial charge in [-0.15, -0.1) is 0 Å². The van der Waals surface area contributed by atoms with E-state index in [-0.39, 0.29) is 0 Å². The van der Waals surface area contributed by atoms with E-state index in [1.165, 1.54) is 88.1 Å². The van der Waals surface area contributed by atoms with Crippen molar-refractivity contribution in [1.29, 1.82) is 0 Å². The van der Waals surface area contributed by atoms with Crippen LogP contribution in [-0.4, -0.2) is 36.1 Å². The molecule has 3 rings (SSSR count). The number of nitrogens with zero attached hydrogens (tertiary/aromatic N) is 3. The molecular formula is C19H31N3. The molecule has 3 nitrogen and oxygen atoms in total.